The van der Waals surface area contributed by atoms with Gasteiger partial charge in [-0.2, -0.15) is 0 Å². The summed E-state index contributed by atoms with van der Waals surface area (Å²) < 4.78 is 5.03. The predicted octanol–water partition coefficient (Wildman–Crippen LogP) is 19.2. The number of hydrogen-bond donors (Lipinski definition) is 1. The van der Waals surface area contributed by atoms with Gasteiger partial charge in [-0.1, -0.05) is 195 Å². The molecule has 10 aromatic rings. The van der Waals surface area contributed by atoms with E-state index in [1.165, 1.54) is 114 Å². The molecule has 12 rings (SSSR count). The summed E-state index contributed by atoms with van der Waals surface area (Å²) in [6.07, 6.45) is 4.41. The second kappa shape index (κ2) is 18.5. The van der Waals surface area contributed by atoms with E-state index in [1.807, 2.05) is 0 Å². The van der Waals surface area contributed by atoms with E-state index in [0.29, 0.717) is 0 Å². The van der Waals surface area contributed by atoms with Gasteiger partial charge in [-0.25, -0.2) is 0 Å². The summed E-state index contributed by atoms with van der Waals surface area (Å²) >= 11 is 10.8. The quantitative estimate of drug-likeness (QED) is 0.0968. The average molecular weight is 1010 g/mol. The van der Waals surface area contributed by atoms with Crippen molar-refractivity contribution in [2.24, 2.45) is 4.30 Å². The molecule has 0 unspecified atom stereocenters. The van der Waals surface area contributed by atoms with Gasteiger partial charge in [0.05, 0.1) is 0 Å². The molecule has 0 saturated carbocycles. The fraction of sp³-hybridized carbons (Fsp3) is 0.161. The average Bonchev–Trinajstić information content (AvgIpc) is 3.81. The van der Waals surface area contributed by atoms with Crippen molar-refractivity contribution in [3.05, 3.63) is 213 Å². The van der Waals surface area contributed by atoms with Gasteiger partial charge in [0.1, 0.15) is 0 Å². The molecule has 0 aromatic heterocycles. The van der Waals surface area contributed by atoms with Gasteiger partial charge in [0.25, 0.3) is 0 Å². The fourth-order valence-electron chi connectivity index (χ4n) is 12.0. The molecule has 0 heterocycles. The summed E-state index contributed by atoms with van der Waals surface area (Å²) in [6, 6.07) is 67.6. The number of nitrogens with zero attached hydrogens (tertiary/aromatic N) is 1. The zero-order valence-corrected chi connectivity index (χ0v) is 42.4. The molecule has 0 aliphatic heterocycles. The van der Waals surface area contributed by atoms with Gasteiger partial charge in [0.2, 0.25) is 0 Å². The molecule has 0 bridgehead atoms. The van der Waals surface area contributed by atoms with Crippen molar-refractivity contribution in [3.63, 3.8) is 0 Å². The summed E-state index contributed by atoms with van der Waals surface area (Å²) in [6.45, 7) is 9.35. The summed E-state index contributed by atoms with van der Waals surface area (Å²) in [5.41, 5.74) is 17.0. The monoisotopic (exact) mass is 1010 g/mol. The standard InChI is InChI=1S/C31H24Br2.C31H26.BHNS/c1-3-31(4-2)27-17-19(13-15-21(27)22-16-14-20(32)18-28(22)31)29-23-9-5-7-11-25(23)30(33)26-12-8-6-10-24(26)29;1-3-31(4-2)28-16-10-9-15-26(28)27-18-17-23(20-29(27)31)30-24-13-7-5-11-21(24)19-22-12-6-8-14-25(22)30;1-2-3/h5-18H,3-4H2,1-2H3;5-20H,3-4H2,1-2H3;3H. The Kier molecular flexibility index (Phi) is 12.5. The molecule has 0 fully saturated rings. The summed E-state index contributed by atoms with van der Waals surface area (Å²) in [7, 11) is 4.34. The molecule has 0 spiro atoms. The molecule has 327 valence electrons. The molecule has 1 radical (unpaired) electrons. The maximum absolute atomic E-state index is 4.34. The summed E-state index contributed by atoms with van der Waals surface area (Å²) in [5, 5.41) is 10.4. The number of halogens is 2. The molecule has 5 heteroatoms. The van der Waals surface area contributed by atoms with Crippen LogP contribution in [0.25, 0.3) is 87.6 Å². The van der Waals surface area contributed by atoms with Crippen LogP contribution >= 0.6 is 44.7 Å². The molecule has 0 amide bonds. The van der Waals surface area contributed by atoms with E-state index in [9.17, 15) is 0 Å². The van der Waals surface area contributed by atoms with Crippen molar-refractivity contribution < 1.29 is 0 Å². The first-order valence-electron chi connectivity index (χ1n) is 23.5. The van der Waals surface area contributed by atoms with Crippen LogP contribution in [-0.4, -0.2) is 7.64 Å². The first kappa shape index (κ1) is 45.2. The van der Waals surface area contributed by atoms with Crippen LogP contribution in [0, 0.1) is 0 Å². The van der Waals surface area contributed by atoms with E-state index < -0.39 is 0 Å². The molecule has 1 nitrogen and oxygen atoms in total. The van der Waals surface area contributed by atoms with Crippen molar-refractivity contribution in [1.29, 1.82) is 0 Å². The van der Waals surface area contributed by atoms with E-state index in [-0.39, 0.29) is 10.8 Å². The van der Waals surface area contributed by atoms with E-state index in [1.54, 1.807) is 0 Å². The van der Waals surface area contributed by atoms with Gasteiger partial charge >= 0.3 is 24.8 Å². The van der Waals surface area contributed by atoms with Crippen molar-refractivity contribution in [1.82, 2.24) is 0 Å². The number of benzene rings is 10. The van der Waals surface area contributed by atoms with Gasteiger partial charge in [0.15, 0.2) is 0 Å². The van der Waals surface area contributed by atoms with Crippen molar-refractivity contribution in [3.8, 4) is 44.5 Å². The van der Waals surface area contributed by atoms with E-state index >= 15 is 0 Å². The van der Waals surface area contributed by atoms with Crippen LogP contribution < -0.4 is 0 Å². The fourth-order valence-corrected chi connectivity index (χ4v) is 13.0. The molecule has 0 saturated heterocycles. The second-order valence-electron chi connectivity index (χ2n) is 17.9. The summed E-state index contributed by atoms with van der Waals surface area (Å²) in [4.78, 5) is 0. The zero-order valence-electron chi connectivity index (χ0n) is 38.4. The number of thiol groups is 1. The van der Waals surface area contributed by atoms with Gasteiger partial charge in [-0.15, -0.1) is 0 Å². The number of rotatable bonds is 6. The SMILES string of the molecule is CCC1(CC)c2cc(Br)ccc2-c2ccc(-c3c4ccccc4c(Br)c4ccccc34)cc21.CCC1(CC)c2ccccc2-c2ccc(-c3c4ccccc4cc4ccccc34)cc21.[B]=NS. The Labute approximate surface area is 418 Å². The predicted molar refractivity (Wildman–Crippen MR) is 300 cm³/mol. The van der Waals surface area contributed by atoms with Crippen LogP contribution in [0.2, 0.25) is 0 Å². The Morgan fingerprint density at radius 2 is 0.761 bits per heavy atom. The van der Waals surface area contributed by atoms with Gasteiger partial charge in [-0.3, -0.25) is 0 Å². The third-order valence-corrected chi connectivity index (χ3v) is 16.6. The Morgan fingerprint density at radius 1 is 0.403 bits per heavy atom. The topological polar surface area (TPSA) is 12.4 Å². The Bertz CT molecular complexity index is 3440. The second-order valence-corrected chi connectivity index (χ2v) is 19.9. The first-order chi connectivity index (χ1) is 32.8. The molecular formula is C62H51BBr2NS. The molecule has 2 aliphatic carbocycles. The minimum atomic E-state index is 0.0471. The molecule has 0 atom stereocenters. The first-order valence-corrected chi connectivity index (χ1v) is 25.5. The molecule has 0 N–H and O–H groups in total. The third kappa shape index (κ3) is 7.27. The molecule has 10 aromatic carbocycles. The van der Waals surface area contributed by atoms with Crippen molar-refractivity contribution in [2.75, 3.05) is 0 Å². The van der Waals surface area contributed by atoms with Crippen LogP contribution in [-0.2, 0) is 10.8 Å². The zero-order chi connectivity index (χ0) is 46.5. The van der Waals surface area contributed by atoms with E-state index in [2.05, 4.69) is 266 Å². The molecule has 67 heavy (non-hydrogen) atoms. The Morgan fingerprint density at radius 3 is 1.25 bits per heavy atom. The molecule has 2 aliphatic rings. The Hall–Kier alpha value is -5.59. The number of fused-ring (bicyclic) bond motifs is 10. The van der Waals surface area contributed by atoms with Gasteiger partial charge in [0, 0.05) is 19.8 Å². The van der Waals surface area contributed by atoms with Crippen LogP contribution in [0.15, 0.2) is 195 Å². The van der Waals surface area contributed by atoms with Crippen LogP contribution in [0.5, 0.6) is 0 Å². The van der Waals surface area contributed by atoms with Crippen LogP contribution in [0.1, 0.15) is 75.6 Å². The number of hydrogen-bond acceptors (Lipinski definition) is 2. The maximum atomic E-state index is 4.34. The van der Waals surface area contributed by atoms with Crippen molar-refractivity contribution >= 4 is 95.4 Å². The van der Waals surface area contributed by atoms with Crippen LogP contribution in [0.4, 0.5) is 0 Å². The van der Waals surface area contributed by atoms with Crippen molar-refractivity contribution in [2.45, 2.75) is 64.2 Å². The minimum absolute atomic E-state index is 0.0471. The van der Waals surface area contributed by atoms with Crippen LogP contribution in [0.3, 0.4) is 0 Å². The summed E-state index contributed by atoms with van der Waals surface area (Å²) in [5.74, 6) is 0. The van der Waals surface area contributed by atoms with E-state index in [0.717, 1.165) is 30.2 Å². The third-order valence-electron chi connectivity index (χ3n) is 15.2. The van der Waals surface area contributed by atoms with Gasteiger partial charge < -0.3 is 0 Å². The molecular weight excluding hydrogens is 961 g/mol. The Balaban J connectivity index is 0.000000148. The van der Waals surface area contributed by atoms with E-state index in [4.69, 9.17) is 0 Å². The normalized spacial score (nSPS) is 13.5. The van der Waals surface area contributed by atoms with Gasteiger partial charge in [-0.05, 0) is 182 Å².